The summed E-state index contributed by atoms with van der Waals surface area (Å²) in [6, 6.07) is 72.3. The number of rotatable bonds is 2. The maximum atomic E-state index is 2.77. The van der Waals surface area contributed by atoms with Gasteiger partial charge in [-0.05, 0) is 71.4 Å². The Kier molecular flexibility index (Phi) is 5.98. The van der Waals surface area contributed by atoms with Gasteiger partial charge in [0.2, 0.25) is 0 Å². The van der Waals surface area contributed by atoms with Gasteiger partial charge in [-0.2, -0.15) is 0 Å². The minimum absolute atomic E-state index is 0.0448. The van der Waals surface area contributed by atoms with Crippen LogP contribution < -0.4 is 36.6 Å². The van der Waals surface area contributed by atoms with Crippen molar-refractivity contribution in [3.63, 3.8) is 0 Å². The standard InChI is InChI=1S/C55H37BN2Si/c1-55(2)43-26-12-11-23-41(43)49-44(55)33-42-39-25-15-24-38-40-32-31-34-17-9-10-22-37(34)51(40)58(52(38)39)56-45-27-16-30-48-53(45)57(54(49)50(42)56)46-28-13-14-29-47(46)59(48,35-18-5-3-6-19-35)36-20-7-4-8-21-36/h3-33H,1-2H3. The highest BCUT2D eigenvalue weighted by molar-refractivity contribution is 7.21. The quantitative estimate of drug-likeness (QED) is 0.160. The van der Waals surface area contributed by atoms with Crippen molar-refractivity contribution >= 4 is 96.2 Å². The Labute approximate surface area is 344 Å². The van der Waals surface area contributed by atoms with Crippen molar-refractivity contribution in [3.05, 3.63) is 199 Å². The maximum Gasteiger partial charge on any atom is 0.333 e. The van der Waals surface area contributed by atoms with E-state index < -0.39 is 8.07 Å². The first-order chi connectivity index (χ1) is 29.1. The van der Waals surface area contributed by atoms with Crippen LogP contribution >= 0.6 is 0 Å². The summed E-state index contributed by atoms with van der Waals surface area (Å²) in [4.78, 5) is 2.75. The molecule has 1 aromatic heterocycles. The molecular weight excluding hydrogens is 728 g/mol. The third-order valence-corrected chi connectivity index (χ3v) is 19.4. The molecule has 10 aromatic rings. The largest absolute Gasteiger partial charge is 0.375 e. The molecule has 4 heteroatoms. The molecule has 0 bridgehead atoms. The van der Waals surface area contributed by atoms with Gasteiger partial charge in [-0.3, -0.25) is 0 Å². The third kappa shape index (κ3) is 3.68. The zero-order valence-electron chi connectivity index (χ0n) is 32.9. The van der Waals surface area contributed by atoms with Gasteiger partial charge < -0.3 is 9.38 Å². The fraction of sp³-hybridized carbons (Fsp3) is 0.0545. The van der Waals surface area contributed by atoms with Crippen LogP contribution in [0.3, 0.4) is 0 Å². The van der Waals surface area contributed by atoms with E-state index in [1.54, 1.807) is 0 Å². The van der Waals surface area contributed by atoms with Crippen molar-refractivity contribution in [3.8, 4) is 22.3 Å². The van der Waals surface area contributed by atoms with Crippen LogP contribution in [0.5, 0.6) is 0 Å². The predicted molar refractivity (Wildman–Crippen MR) is 252 cm³/mol. The molecule has 0 amide bonds. The van der Waals surface area contributed by atoms with Crippen molar-refractivity contribution in [2.45, 2.75) is 19.3 Å². The van der Waals surface area contributed by atoms with Crippen LogP contribution in [0.25, 0.3) is 54.8 Å². The Hall–Kier alpha value is -6.88. The first-order valence-corrected chi connectivity index (χ1v) is 23.0. The molecule has 0 N–H and O–H groups in total. The summed E-state index contributed by atoms with van der Waals surface area (Å²) in [7, 11) is -2.88. The lowest BCUT2D eigenvalue weighted by Crippen LogP contribution is -2.78. The highest BCUT2D eigenvalue weighted by Gasteiger charge is 2.55. The molecule has 274 valence electrons. The fourth-order valence-corrected chi connectivity index (χ4v) is 17.5. The zero-order valence-corrected chi connectivity index (χ0v) is 33.9. The maximum absolute atomic E-state index is 2.88. The molecule has 0 saturated carbocycles. The summed E-state index contributed by atoms with van der Waals surface area (Å²) >= 11 is 0. The zero-order chi connectivity index (χ0) is 38.8. The SMILES string of the molecule is CC1(C)c2ccccc2-c2c1cc1c3c2N2c4ccccc4[Si](c4ccccc4)(c4ccccc4)c4cccc(c42)B3n2c3c-1cccc3c1ccc3ccccc3c12. The van der Waals surface area contributed by atoms with E-state index in [4.69, 9.17) is 0 Å². The number of para-hydroxylation sites is 3. The number of hydrogen-bond donors (Lipinski definition) is 0. The number of anilines is 3. The minimum Gasteiger partial charge on any atom is -0.375 e. The van der Waals surface area contributed by atoms with E-state index >= 15 is 0 Å². The second-order valence-corrected chi connectivity index (χ2v) is 21.2. The third-order valence-electron chi connectivity index (χ3n) is 14.6. The van der Waals surface area contributed by atoms with Gasteiger partial charge in [0.25, 0.3) is 0 Å². The van der Waals surface area contributed by atoms with Crippen LogP contribution in [0.15, 0.2) is 188 Å². The van der Waals surface area contributed by atoms with Crippen molar-refractivity contribution < 1.29 is 0 Å². The first kappa shape index (κ1) is 32.1. The van der Waals surface area contributed by atoms with E-state index in [2.05, 4.69) is 211 Å². The van der Waals surface area contributed by atoms with Gasteiger partial charge in [0, 0.05) is 55.1 Å². The molecule has 9 aromatic carbocycles. The molecule has 0 radical (unpaired) electrons. The van der Waals surface area contributed by atoms with Crippen molar-refractivity contribution in [1.29, 1.82) is 0 Å². The summed E-state index contributed by atoms with van der Waals surface area (Å²) in [5, 5.41) is 11.0. The summed E-state index contributed by atoms with van der Waals surface area (Å²) in [5.41, 5.74) is 17.5. The van der Waals surface area contributed by atoms with E-state index in [0.29, 0.717) is 0 Å². The highest BCUT2D eigenvalue weighted by atomic mass is 28.3. The Morgan fingerprint density at radius 3 is 1.95 bits per heavy atom. The molecule has 4 aliphatic rings. The average Bonchev–Trinajstić information content (AvgIpc) is 3.75. The molecule has 0 saturated heterocycles. The lowest BCUT2D eigenvalue weighted by atomic mass is 9.44. The second-order valence-electron chi connectivity index (χ2n) is 17.5. The van der Waals surface area contributed by atoms with Crippen LogP contribution in [-0.4, -0.2) is 19.4 Å². The van der Waals surface area contributed by atoms with Crippen molar-refractivity contribution in [1.82, 2.24) is 4.48 Å². The van der Waals surface area contributed by atoms with Crippen molar-refractivity contribution in [2.75, 3.05) is 4.90 Å². The second kappa shape index (κ2) is 11.0. The van der Waals surface area contributed by atoms with Gasteiger partial charge >= 0.3 is 6.85 Å². The van der Waals surface area contributed by atoms with Gasteiger partial charge in [-0.25, -0.2) is 0 Å². The van der Waals surface area contributed by atoms with Crippen LogP contribution in [-0.2, 0) is 5.41 Å². The topological polar surface area (TPSA) is 8.17 Å². The van der Waals surface area contributed by atoms with Crippen LogP contribution in [0, 0.1) is 0 Å². The Balaban J connectivity index is 1.24. The molecule has 3 aliphatic heterocycles. The average molecular weight is 765 g/mol. The molecule has 0 atom stereocenters. The highest BCUT2D eigenvalue weighted by Crippen LogP contribution is 2.57. The van der Waals surface area contributed by atoms with Crippen LogP contribution in [0.1, 0.15) is 25.0 Å². The van der Waals surface area contributed by atoms with Gasteiger partial charge in [0.15, 0.2) is 8.07 Å². The molecule has 1 aliphatic carbocycles. The van der Waals surface area contributed by atoms with Gasteiger partial charge in [-0.1, -0.05) is 190 Å². The summed E-state index contributed by atoms with van der Waals surface area (Å²) in [6.45, 7) is 4.84. The molecular formula is C55H37BN2Si. The lowest BCUT2D eigenvalue weighted by Gasteiger charge is -2.50. The smallest absolute Gasteiger partial charge is 0.333 e. The van der Waals surface area contributed by atoms with Crippen LogP contribution in [0.2, 0.25) is 0 Å². The normalized spacial score (nSPS) is 15.5. The number of nitrogens with zero attached hydrogens (tertiary/aromatic N) is 2. The summed E-state index contributed by atoms with van der Waals surface area (Å²) < 4.78 is 2.77. The Bertz CT molecular complexity index is 3450. The van der Waals surface area contributed by atoms with Gasteiger partial charge in [-0.15, -0.1) is 0 Å². The van der Waals surface area contributed by atoms with E-state index in [0.717, 1.165) is 0 Å². The Morgan fingerprint density at radius 1 is 0.475 bits per heavy atom. The molecule has 14 rings (SSSR count). The number of aromatic nitrogens is 1. The number of benzene rings is 9. The van der Waals surface area contributed by atoms with E-state index in [1.165, 1.54) is 115 Å². The van der Waals surface area contributed by atoms with Crippen LogP contribution in [0.4, 0.5) is 17.1 Å². The van der Waals surface area contributed by atoms with Crippen molar-refractivity contribution in [2.24, 2.45) is 0 Å². The summed E-state index contributed by atoms with van der Waals surface area (Å²) in [5.74, 6) is 0. The van der Waals surface area contributed by atoms with E-state index in [-0.39, 0.29) is 12.3 Å². The van der Waals surface area contributed by atoms with E-state index in [9.17, 15) is 0 Å². The van der Waals surface area contributed by atoms with E-state index in [1.807, 2.05) is 0 Å². The Morgan fingerprint density at radius 2 is 1.12 bits per heavy atom. The molecule has 4 heterocycles. The van der Waals surface area contributed by atoms with Gasteiger partial charge in [0.05, 0.1) is 5.69 Å². The molecule has 0 unspecified atom stereocenters. The molecule has 2 nitrogen and oxygen atoms in total. The van der Waals surface area contributed by atoms with Gasteiger partial charge in [0.1, 0.15) is 0 Å². The summed E-state index contributed by atoms with van der Waals surface area (Å²) in [6.07, 6.45) is 0. The molecule has 0 spiro atoms. The molecule has 59 heavy (non-hydrogen) atoms. The molecule has 0 fully saturated rings. The monoisotopic (exact) mass is 764 g/mol. The number of fused-ring (bicyclic) bond motifs is 15. The predicted octanol–water partition coefficient (Wildman–Crippen LogP) is 9.36. The minimum atomic E-state index is -2.88. The lowest BCUT2D eigenvalue weighted by molar-refractivity contribution is 0.661. The fourth-order valence-electron chi connectivity index (χ4n) is 12.3. The number of hydrogen-bond acceptors (Lipinski definition) is 1. The first-order valence-electron chi connectivity index (χ1n) is 21.0.